The van der Waals surface area contributed by atoms with Crippen LogP contribution in [0.25, 0.3) is 0 Å². The SMILES string of the molecule is CN(C)C(=O)N(C)C1CCCN(c2cnc(C(N)=O)c(Nc3ccc(C4CCN(S(C)(=O)=O)CC4)cc3)n2)C1. The maximum Gasteiger partial charge on any atom is 0.319 e. The molecular weight excluding hydrogens is 520 g/mol. The number of carbonyl (C=O) groups is 2. The molecule has 1 aromatic carbocycles. The smallest absolute Gasteiger partial charge is 0.319 e. The zero-order valence-corrected chi connectivity index (χ0v) is 23.8. The zero-order chi connectivity index (χ0) is 28.3. The molecule has 12 nitrogen and oxygen atoms in total. The van der Waals surface area contributed by atoms with Crippen molar-refractivity contribution < 1.29 is 18.0 Å². The first-order valence-electron chi connectivity index (χ1n) is 13.1. The number of likely N-dealkylation sites (N-methyl/N-ethyl adjacent to an activating group) is 1. The van der Waals surface area contributed by atoms with Gasteiger partial charge in [0.1, 0.15) is 5.82 Å². The Kier molecular flexibility index (Phi) is 8.60. The second-order valence-electron chi connectivity index (χ2n) is 10.5. The Hall–Kier alpha value is -3.45. The summed E-state index contributed by atoms with van der Waals surface area (Å²) in [6, 6.07) is 7.82. The Morgan fingerprint density at radius 3 is 2.31 bits per heavy atom. The van der Waals surface area contributed by atoms with E-state index in [1.807, 2.05) is 31.3 Å². The Morgan fingerprint density at radius 2 is 1.72 bits per heavy atom. The summed E-state index contributed by atoms with van der Waals surface area (Å²) in [5.74, 6) is 0.478. The maximum atomic E-state index is 12.5. The van der Waals surface area contributed by atoms with Crippen molar-refractivity contribution in [3.63, 3.8) is 0 Å². The number of amides is 3. The van der Waals surface area contributed by atoms with Gasteiger partial charge < -0.3 is 25.8 Å². The molecule has 1 atom stereocenters. The Morgan fingerprint density at radius 1 is 1.05 bits per heavy atom. The highest BCUT2D eigenvalue weighted by Crippen LogP contribution is 2.31. The van der Waals surface area contributed by atoms with Crippen molar-refractivity contribution in [3.05, 3.63) is 41.7 Å². The molecule has 1 aromatic heterocycles. The van der Waals surface area contributed by atoms with Crippen LogP contribution in [0.1, 0.15) is 47.7 Å². The van der Waals surface area contributed by atoms with E-state index in [1.54, 1.807) is 30.1 Å². The fourth-order valence-corrected chi connectivity index (χ4v) is 6.12. The van der Waals surface area contributed by atoms with Crippen LogP contribution in [0.4, 0.5) is 22.1 Å². The molecular formula is C26H38N8O4S. The lowest BCUT2D eigenvalue weighted by atomic mass is 9.90. The van der Waals surface area contributed by atoms with E-state index in [2.05, 4.69) is 15.2 Å². The van der Waals surface area contributed by atoms with Crippen LogP contribution in [0.3, 0.4) is 0 Å². The van der Waals surface area contributed by atoms with Crippen molar-refractivity contribution in [1.82, 2.24) is 24.1 Å². The van der Waals surface area contributed by atoms with Crippen molar-refractivity contribution in [2.75, 3.05) is 63.8 Å². The standard InChI is InChI=1S/C26H38N8O4S/c1-31(2)26(36)32(3)21-6-5-13-33(17-21)22-16-28-23(24(27)35)25(30-22)29-20-9-7-18(8-10-20)19-11-14-34(15-12-19)39(4,37)38/h7-10,16,19,21H,5-6,11-15,17H2,1-4H3,(H2,27,35)(H,29,30). The van der Waals surface area contributed by atoms with Gasteiger partial charge in [0.25, 0.3) is 5.91 Å². The van der Waals surface area contributed by atoms with Crippen LogP contribution in [-0.4, -0.2) is 104 Å². The summed E-state index contributed by atoms with van der Waals surface area (Å²) < 4.78 is 25.1. The molecule has 0 spiro atoms. The Bertz CT molecular complexity index is 1290. The lowest BCUT2D eigenvalue weighted by molar-refractivity contribution is 0.0996. The molecule has 212 valence electrons. The van der Waals surface area contributed by atoms with E-state index >= 15 is 0 Å². The minimum atomic E-state index is -3.16. The van der Waals surface area contributed by atoms with E-state index in [0.29, 0.717) is 25.5 Å². The number of aromatic nitrogens is 2. The lowest BCUT2D eigenvalue weighted by Gasteiger charge is -2.39. The van der Waals surface area contributed by atoms with Crippen LogP contribution >= 0.6 is 0 Å². The minimum Gasteiger partial charge on any atom is -0.364 e. The van der Waals surface area contributed by atoms with E-state index in [-0.39, 0.29) is 29.5 Å². The summed E-state index contributed by atoms with van der Waals surface area (Å²) in [6.45, 7) is 2.40. The van der Waals surface area contributed by atoms with Crippen molar-refractivity contribution >= 4 is 39.3 Å². The number of benzene rings is 1. The molecule has 2 saturated heterocycles. The van der Waals surface area contributed by atoms with Gasteiger partial charge in [0, 0.05) is 53.0 Å². The largest absolute Gasteiger partial charge is 0.364 e. The van der Waals surface area contributed by atoms with Crippen molar-refractivity contribution in [3.8, 4) is 0 Å². The van der Waals surface area contributed by atoms with Crippen molar-refractivity contribution in [2.45, 2.75) is 37.6 Å². The number of rotatable bonds is 7. The molecule has 39 heavy (non-hydrogen) atoms. The van der Waals surface area contributed by atoms with Crippen LogP contribution in [-0.2, 0) is 10.0 Å². The number of nitrogens with zero attached hydrogens (tertiary/aromatic N) is 6. The highest BCUT2D eigenvalue weighted by molar-refractivity contribution is 7.88. The quantitative estimate of drug-likeness (QED) is 0.525. The normalized spacial score (nSPS) is 19.0. The summed E-state index contributed by atoms with van der Waals surface area (Å²) in [6.07, 6.45) is 6.12. The maximum absolute atomic E-state index is 12.5. The number of sulfonamides is 1. The van der Waals surface area contributed by atoms with Gasteiger partial charge >= 0.3 is 6.03 Å². The summed E-state index contributed by atoms with van der Waals surface area (Å²) in [5, 5.41) is 3.20. The van der Waals surface area contributed by atoms with E-state index in [1.165, 1.54) is 10.6 Å². The minimum absolute atomic E-state index is 0.0273. The number of nitrogens with one attached hydrogen (secondary N) is 1. The molecule has 0 aliphatic carbocycles. The Labute approximate surface area is 230 Å². The molecule has 3 N–H and O–H groups in total. The second kappa shape index (κ2) is 11.7. The molecule has 4 rings (SSSR count). The molecule has 0 radical (unpaired) electrons. The number of hydrogen-bond acceptors (Lipinski definition) is 8. The fourth-order valence-electron chi connectivity index (χ4n) is 5.25. The van der Waals surface area contributed by atoms with Gasteiger partial charge in [-0.1, -0.05) is 12.1 Å². The number of nitrogens with two attached hydrogens (primary N) is 1. The monoisotopic (exact) mass is 558 g/mol. The first kappa shape index (κ1) is 28.6. The average molecular weight is 559 g/mol. The summed E-state index contributed by atoms with van der Waals surface area (Å²) in [5.41, 5.74) is 7.51. The summed E-state index contributed by atoms with van der Waals surface area (Å²) in [7, 11) is 2.12. The molecule has 2 aliphatic heterocycles. The lowest BCUT2D eigenvalue weighted by Crippen LogP contribution is -2.51. The molecule has 3 heterocycles. The zero-order valence-electron chi connectivity index (χ0n) is 23.0. The first-order valence-corrected chi connectivity index (χ1v) is 15.0. The van der Waals surface area contributed by atoms with Crippen molar-refractivity contribution in [1.29, 1.82) is 0 Å². The first-order chi connectivity index (χ1) is 18.4. The number of primary amides is 1. The third kappa shape index (κ3) is 6.77. The number of carbonyl (C=O) groups excluding carboxylic acids is 2. The van der Waals surface area contributed by atoms with Crippen molar-refractivity contribution in [2.24, 2.45) is 5.73 Å². The molecule has 0 bridgehead atoms. The third-order valence-electron chi connectivity index (χ3n) is 7.51. The van der Waals surface area contributed by atoms with Gasteiger partial charge in [-0.05, 0) is 49.3 Å². The molecule has 13 heteroatoms. The second-order valence-corrected chi connectivity index (χ2v) is 12.5. The molecule has 2 aromatic rings. The molecule has 1 unspecified atom stereocenters. The van der Waals surface area contributed by atoms with E-state index < -0.39 is 15.9 Å². The van der Waals surface area contributed by atoms with E-state index in [0.717, 1.165) is 43.5 Å². The summed E-state index contributed by atoms with van der Waals surface area (Å²) in [4.78, 5) is 39.0. The molecule has 3 amide bonds. The van der Waals surface area contributed by atoms with Gasteiger partial charge in [-0.3, -0.25) is 4.79 Å². The highest BCUT2D eigenvalue weighted by Gasteiger charge is 2.29. The van der Waals surface area contributed by atoms with Gasteiger partial charge in [-0.15, -0.1) is 0 Å². The van der Waals surface area contributed by atoms with Crippen LogP contribution in [0.15, 0.2) is 30.5 Å². The van der Waals surface area contributed by atoms with Gasteiger partial charge in [-0.25, -0.2) is 27.5 Å². The van der Waals surface area contributed by atoms with Crippen LogP contribution in [0, 0.1) is 0 Å². The van der Waals surface area contributed by atoms with Crippen LogP contribution < -0.4 is 16.0 Å². The van der Waals surface area contributed by atoms with Crippen LogP contribution in [0.2, 0.25) is 0 Å². The van der Waals surface area contributed by atoms with Gasteiger partial charge in [0.2, 0.25) is 10.0 Å². The summed E-state index contributed by atoms with van der Waals surface area (Å²) >= 11 is 0. The van der Waals surface area contributed by atoms with Gasteiger partial charge in [0.15, 0.2) is 11.5 Å². The number of anilines is 3. The predicted octanol–water partition coefficient (Wildman–Crippen LogP) is 2.04. The highest BCUT2D eigenvalue weighted by atomic mass is 32.2. The Balaban J connectivity index is 1.47. The topological polar surface area (TPSA) is 145 Å². The molecule has 2 fully saturated rings. The molecule has 0 saturated carbocycles. The fraction of sp³-hybridized carbons (Fsp3) is 0.538. The average Bonchev–Trinajstić information content (AvgIpc) is 2.92. The van der Waals surface area contributed by atoms with E-state index in [4.69, 9.17) is 10.7 Å². The number of hydrogen-bond donors (Lipinski definition) is 2. The number of piperidine rings is 2. The molecule has 2 aliphatic rings. The third-order valence-corrected chi connectivity index (χ3v) is 8.82. The number of urea groups is 1. The van der Waals surface area contributed by atoms with Crippen LogP contribution in [0.5, 0.6) is 0 Å². The van der Waals surface area contributed by atoms with E-state index in [9.17, 15) is 18.0 Å². The van der Waals surface area contributed by atoms with Gasteiger partial charge in [-0.2, -0.15) is 0 Å². The predicted molar refractivity (Wildman–Crippen MR) is 151 cm³/mol. The van der Waals surface area contributed by atoms with Gasteiger partial charge in [0.05, 0.1) is 18.5 Å².